The minimum Gasteiger partial charge on any atom is -0.357 e. The van der Waals surface area contributed by atoms with Crippen LogP contribution < -0.4 is 5.32 Å². The monoisotopic (exact) mass is 311 g/mol. The molecule has 2 aromatic rings. The van der Waals surface area contributed by atoms with Gasteiger partial charge < -0.3 is 10.3 Å². The Kier molecular flexibility index (Phi) is 4.82. The zero-order valence-electron chi connectivity index (χ0n) is 13.9. The van der Waals surface area contributed by atoms with Crippen LogP contribution in [0.15, 0.2) is 42.6 Å². The topological polar surface area (TPSA) is 48.1 Å². The number of nitrogens with zero attached hydrogens (tertiary/aromatic N) is 1. The predicted octanol–water partition coefficient (Wildman–Crippen LogP) is 3.14. The third kappa shape index (κ3) is 3.48. The van der Waals surface area contributed by atoms with Crippen LogP contribution in [0.5, 0.6) is 0 Å². The van der Waals surface area contributed by atoms with Crippen molar-refractivity contribution < 1.29 is 4.79 Å². The number of aromatic amines is 1. The summed E-state index contributed by atoms with van der Waals surface area (Å²) >= 11 is 0. The first kappa shape index (κ1) is 15.8. The number of hydrogen-bond donors (Lipinski definition) is 2. The van der Waals surface area contributed by atoms with E-state index < -0.39 is 0 Å². The highest BCUT2D eigenvalue weighted by Crippen LogP contribution is 2.34. The maximum Gasteiger partial charge on any atom is 0.267 e. The summed E-state index contributed by atoms with van der Waals surface area (Å²) in [7, 11) is 2.18. The van der Waals surface area contributed by atoms with E-state index in [-0.39, 0.29) is 5.91 Å². The van der Waals surface area contributed by atoms with Crippen LogP contribution in [-0.2, 0) is 0 Å². The molecule has 1 aromatic heterocycles. The van der Waals surface area contributed by atoms with Crippen LogP contribution in [0, 0.1) is 12.8 Å². The molecule has 1 saturated heterocycles. The van der Waals surface area contributed by atoms with Crippen molar-refractivity contribution in [1.82, 2.24) is 15.2 Å². The zero-order chi connectivity index (χ0) is 16.2. The smallest absolute Gasteiger partial charge is 0.267 e. The molecule has 23 heavy (non-hydrogen) atoms. The molecule has 2 heterocycles. The number of nitrogens with one attached hydrogen (secondary N) is 2. The highest BCUT2D eigenvalue weighted by atomic mass is 16.1. The van der Waals surface area contributed by atoms with Crippen LogP contribution in [0.4, 0.5) is 0 Å². The van der Waals surface area contributed by atoms with Gasteiger partial charge in [-0.05, 0) is 56.5 Å². The normalized spacial score (nSPS) is 22.0. The number of likely N-dealkylation sites (tertiary alicyclic amines) is 1. The number of carbonyl (C=O) groups is 1. The van der Waals surface area contributed by atoms with Gasteiger partial charge in [0.2, 0.25) is 0 Å². The van der Waals surface area contributed by atoms with Crippen molar-refractivity contribution in [2.75, 3.05) is 20.1 Å². The molecule has 0 aliphatic carbocycles. The number of rotatable bonds is 4. The lowest BCUT2D eigenvalue weighted by atomic mass is 9.85. The van der Waals surface area contributed by atoms with Gasteiger partial charge in [-0.3, -0.25) is 9.69 Å². The summed E-state index contributed by atoms with van der Waals surface area (Å²) in [5, 5.41) is 3.12. The number of aromatic nitrogens is 1. The van der Waals surface area contributed by atoms with Gasteiger partial charge in [0.15, 0.2) is 0 Å². The summed E-state index contributed by atoms with van der Waals surface area (Å²) in [5.41, 5.74) is 3.00. The van der Waals surface area contributed by atoms with E-state index in [9.17, 15) is 4.79 Å². The molecule has 4 heteroatoms. The fraction of sp³-hybridized carbons (Fsp3) is 0.421. The Morgan fingerprint density at radius 3 is 2.78 bits per heavy atom. The van der Waals surface area contributed by atoms with Gasteiger partial charge in [-0.2, -0.15) is 0 Å². The molecule has 0 bridgehead atoms. The third-order valence-electron chi connectivity index (χ3n) is 4.86. The van der Waals surface area contributed by atoms with E-state index in [1.807, 2.05) is 19.2 Å². The Balaban J connectivity index is 1.70. The zero-order valence-corrected chi connectivity index (χ0v) is 13.9. The second kappa shape index (κ2) is 7.01. The Morgan fingerprint density at radius 2 is 2.09 bits per heavy atom. The van der Waals surface area contributed by atoms with Gasteiger partial charge in [0.05, 0.1) is 0 Å². The fourth-order valence-corrected chi connectivity index (χ4v) is 3.65. The van der Waals surface area contributed by atoms with E-state index in [0.717, 1.165) is 18.5 Å². The maximum atomic E-state index is 12.3. The van der Waals surface area contributed by atoms with Gasteiger partial charge in [-0.1, -0.05) is 30.3 Å². The Bertz CT molecular complexity index is 650. The molecule has 3 rings (SSSR count). The summed E-state index contributed by atoms with van der Waals surface area (Å²) < 4.78 is 0. The molecule has 2 atom stereocenters. The van der Waals surface area contributed by atoms with E-state index in [0.29, 0.717) is 24.2 Å². The molecule has 1 aliphatic heterocycles. The quantitative estimate of drug-likeness (QED) is 0.911. The third-order valence-corrected chi connectivity index (χ3v) is 4.86. The van der Waals surface area contributed by atoms with Crippen LogP contribution in [0.25, 0.3) is 0 Å². The van der Waals surface area contributed by atoms with Gasteiger partial charge in [-0.25, -0.2) is 0 Å². The Labute approximate surface area is 137 Å². The van der Waals surface area contributed by atoms with Crippen LogP contribution in [0.1, 0.15) is 40.5 Å². The van der Waals surface area contributed by atoms with Crippen LogP contribution >= 0.6 is 0 Å². The minimum absolute atomic E-state index is 0.00691. The first-order valence-electron chi connectivity index (χ1n) is 8.34. The average Bonchev–Trinajstić information content (AvgIpc) is 2.99. The van der Waals surface area contributed by atoms with Gasteiger partial charge in [0.25, 0.3) is 5.91 Å². The van der Waals surface area contributed by atoms with Crippen molar-refractivity contribution in [2.45, 2.75) is 25.8 Å². The van der Waals surface area contributed by atoms with Crippen LogP contribution in [-0.4, -0.2) is 35.9 Å². The number of piperidine rings is 1. The highest BCUT2D eigenvalue weighted by molar-refractivity contribution is 5.93. The summed E-state index contributed by atoms with van der Waals surface area (Å²) in [5.74, 6) is 0.433. The molecule has 0 spiro atoms. The maximum absolute atomic E-state index is 12.3. The van der Waals surface area contributed by atoms with Crippen LogP contribution in [0.2, 0.25) is 0 Å². The molecular weight excluding hydrogens is 286 g/mol. The Morgan fingerprint density at radius 1 is 1.30 bits per heavy atom. The molecule has 122 valence electrons. The lowest BCUT2D eigenvalue weighted by Crippen LogP contribution is -2.41. The molecule has 1 aliphatic rings. The molecule has 4 nitrogen and oxygen atoms in total. The van der Waals surface area contributed by atoms with E-state index >= 15 is 0 Å². The number of aryl methyl sites for hydroxylation is 1. The highest BCUT2D eigenvalue weighted by Gasteiger charge is 2.30. The van der Waals surface area contributed by atoms with E-state index in [4.69, 9.17) is 0 Å². The lowest BCUT2D eigenvalue weighted by Gasteiger charge is -2.39. The summed E-state index contributed by atoms with van der Waals surface area (Å²) in [4.78, 5) is 17.8. The minimum atomic E-state index is -0.00691. The molecule has 0 saturated carbocycles. The van der Waals surface area contributed by atoms with Gasteiger partial charge in [0, 0.05) is 18.8 Å². The Hall–Kier alpha value is -2.07. The SMILES string of the molecule is Cc1cc[nH]c1C(=O)NC[C@H]1CCCN(C)[C@@H]1c1ccccc1. The molecule has 0 unspecified atom stereocenters. The number of amides is 1. The molecule has 1 aromatic carbocycles. The van der Waals surface area contributed by atoms with Crippen molar-refractivity contribution in [3.63, 3.8) is 0 Å². The summed E-state index contributed by atoms with van der Waals surface area (Å²) in [6.45, 7) is 3.77. The first-order valence-corrected chi connectivity index (χ1v) is 8.34. The summed E-state index contributed by atoms with van der Waals surface area (Å²) in [6, 6.07) is 12.9. The second-order valence-electron chi connectivity index (χ2n) is 6.48. The molecule has 1 fully saturated rings. The van der Waals surface area contributed by atoms with E-state index in [1.54, 1.807) is 0 Å². The van der Waals surface area contributed by atoms with E-state index in [2.05, 4.69) is 52.6 Å². The molecule has 0 radical (unpaired) electrons. The summed E-state index contributed by atoms with van der Waals surface area (Å²) in [6.07, 6.45) is 4.14. The molecule has 1 amide bonds. The number of H-pyrrole nitrogens is 1. The van der Waals surface area contributed by atoms with Crippen molar-refractivity contribution >= 4 is 5.91 Å². The predicted molar refractivity (Wildman–Crippen MR) is 92.4 cm³/mol. The van der Waals surface area contributed by atoms with Crippen LogP contribution in [0.3, 0.4) is 0 Å². The second-order valence-corrected chi connectivity index (χ2v) is 6.48. The number of carbonyl (C=O) groups excluding carboxylic acids is 1. The van der Waals surface area contributed by atoms with Gasteiger partial charge in [0.1, 0.15) is 5.69 Å². The van der Waals surface area contributed by atoms with Crippen molar-refractivity contribution in [2.24, 2.45) is 5.92 Å². The number of hydrogen-bond acceptors (Lipinski definition) is 2. The largest absolute Gasteiger partial charge is 0.357 e. The fourth-order valence-electron chi connectivity index (χ4n) is 3.65. The average molecular weight is 311 g/mol. The van der Waals surface area contributed by atoms with Gasteiger partial charge >= 0.3 is 0 Å². The number of benzene rings is 1. The van der Waals surface area contributed by atoms with Gasteiger partial charge in [-0.15, -0.1) is 0 Å². The standard InChI is InChI=1S/C19H25N3O/c1-14-10-11-20-17(14)19(23)21-13-16-9-6-12-22(2)18(16)15-7-4-3-5-8-15/h3-5,7-8,10-11,16,18,20H,6,9,12-13H2,1-2H3,(H,21,23)/t16-,18-/m1/s1. The van der Waals surface area contributed by atoms with Crippen molar-refractivity contribution in [1.29, 1.82) is 0 Å². The molecule has 2 N–H and O–H groups in total. The molecular formula is C19H25N3O. The van der Waals surface area contributed by atoms with Crippen molar-refractivity contribution in [3.05, 3.63) is 59.4 Å². The first-order chi connectivity index (χ1) is 11.2. The van der Waals surface area contributed by atoms with Crippen molar-refractivity contribution in [3.8, 4) is 0 Å². The lowest BCUT2D eigenvalue weighted by molar-refractivity contribution is 0.0887. The van der Waals surface area contributed by atoms with E-state index in [1.165, 1.54) is 12.0 Å².